The Morgan fingerprint density at radius 1 is 0.964 bits per heavy atom. The van der Waals surface area contributed by atoms with E-state index in [-0.39, 0.29) is 18.4 Å². The fourth-order valence-electron chi connectivity index (χ4n) is 2.59. The van der Waals surface area contributed by atoms with Crippen LogP contribution < -0.4 is 15.0 Å². The smallest absolute Gasteiger partial charge is 0.262 e. The van der Waals surface area contributed by atoms with Crippen LogP contribution in [0.15, 0.2) is 78.9 Å². The van der Waals surface area contributed by atoms with Crippen molar-refractivity contribution in [3.05, 3.63) is 89.4 Å². The first kappa shape index (κ1) is 19.5. The molecule has 0 aromatic heterocycles. The molecule has 28 heavy (non-hydrogen) atoms. The lowest BCUT2D eigenvalue weighted by atomic mass is 10.1. The summed E-state index contributed by atoms with van der Waals surface area (Å²) in [6, 6.07) is 23.1. The first-order valence-electron chi connectivity index (χ1n) is 8.65. The third-order valence-electron chi connectivity index (χ3n) is 4.04. The number of nitrogens with zero attached hydrogens (tertiary/aromatic N) is 1. The summed E-state index contributed by atoms with van der Waals surface area (Å²) in [5.41, 5.74) is 1.77. The van der Waals surface area contributed by atoms with Crippen LogP contribution in [0.1, 0.15) is 10.4 Å². The molecule has 0 unspecified atom stereocenters. The van der Waals surface area contributed by atoms with Gasteiger partial charge >= 0.3 is 0 Å². The number of carbonyl (C=O) groups excluding carboxylic acids is 2. The summed E-state index contributed by atoms with van der Waals surface area (Å²) in [7, 11) is 1.71. The first-order valence-corrected chi connectivity index (χ1v) is 9.03. The lowest BCUT2D eigenvalue weighted by molar-refractivity contribution is -0.118. The normalized spacial score (nSPS) is 10.2. The highest BCUT2D eigenvalue weighted by Gasteiger charge is 2.14. The van der Waals surface area contributed by atoms with Gasteiger partial charge in [-0.05, 0) is 42.5 Å². The second kappa shape index (κ2) is 9.06. The lowest BCUT2D eigenvalue weighted by Gasteiger charge is -2.17. The number of ether oxygens (including phenoxy) is 1. The number of nitrogens with one attached hydrogen (secondary N) is 1. The van der Waals surface area contributed by atoms with Crippen LogP contribution >= 0.6 is 11.6 Å². The standard InChI is InChI=1S/C22H19ClN2O3/c1-25(18-10-3-2-4-11-18)22(27)16-8-7-9-17(14-16)24-21(26)15-28-20-13-6-5-12-19(20)23/h2-14H,15H2,1H3,(H,24,26). The Hall–Kier alpha value is -3.31. The van der Waals surface area contributed by atoms with E-state index < -0.39 is 0 Å². The van der Waals surface area contributed by atoms with Crippen LogP contribution in [0, 0.1) is 0 Å². The molecule has 3 aromatic rings. The molecular weight excluding hydrogens is 376 g/mol. The Bertz CT molecular complexity index is 976. The average Bonchev–Trinajstić information content (AvgIpc) is 2.73. The van der Waals surface area contributed by atoms with Gasteiger partial charge in [0.2, 0.25) is 0 Å². The van der Waals surface area contributed by atoms with Crippen molar-refractivity contribution in [3.63, 3.8) is 0 Å². The van der Waals surface area contributed by atoms with Crippen LogP contribution in [-0.2, 0) is 4.79 Å². The zero-order valence-corrected chi connectivity index (χ0v) is 16.0. The highest BCUT2D eigenvalue weighted by molar-refractivity contribution is 6.32. The summed E-state index contributed by atoms with van der Waals surface area (Å²) in [6.45, 7) is -0.189. The van der Waals surface area contributed by atoms with Crippen molar-refractivity contribution in [3.8, 4) is 5.75 Å². The minimum absolute atomic E-state index is 0.172. The zero-order chi connectivity index (χ0) is 19.9. The average molecular weight is 395 g/mol. The summed E-state index contributed by atoms with van der Waals surface area (Å²) in [5, 5.41) is 3.16. The highest BCUT2D eigenvalue weighted by Crippen LogP contribution is 2.23. The molecule has 142 valence electrons. The van der Waals surface area contributed by atoms with Crippen LogP contribution in [0.25, 0.3) is 0 Å². The van der Waals surface area contributed by atoms with Crippen LogP contribution in [0.5, 0.6) is 5.75 Å². The number of amides is 2. The van der Waals surface area contributed by atoms with Gasteiger partial charge in [-0.15, -0.1) is 0 Å². The van der Waals surface area contributed by atoms with E-state index in [0.29, 0.717) is 22.0 Å². The van der Waals surface area contributed by atoms with Gasteiger partial charge in [0.25, 0.3) is 11.8 Å². The summed E-state index contributed by atoms with van der Waals surface area (Å²) in [6.07, 6.45) is 0. The highest BCUT2D eigenvalue weighted by atomic mass is 35.5. The third-order valence-corrected chi connectivity index (χ3v) is 4.35. The quantitative estimate of drug-likeness (QED) is 0.662. The molecule has 0 bridgehead atoms. The summed E-state index contributed by atoms with van der Waals surface area (Å²) >= 11 is 6.00. The molecule has 1 N–H and O–H groups in total. The van der Waals surface area contributed by atoms with E-state index in [1.165, 1.54) is 0 Å². The van der Waals surface area contributed by atoms with Crippen molar-refractivity contribution >= 4 is 34.8 Å². The molecule has 2 amide bonds. The Morgan fingerprint density at radius 3 is 2.43 bits per heavy atom. The molecule has 0 atom stereocenters. The van der Waals surface area contributed by atoms with E-state index in [1.54, 1.807) is 60.5 Å². The summed E-state index contributed by atoms with van der Waals surface area (Å²) in [4.78, 5) is 26.4. The Balaban J connectivity index is 1.63. The summed E-state index contributed by atoms with van der Waals surface area (Å²) in [5.74, 6) is -0.0803. The Kier molecular flexibility index (Phi) is 6.29. The van der Waals surface area contributed by atoms with Crippen molar-refractivity contribution < 1.29 is 14.3 Å². The SMILES string of the molecule is CN(C(=O)c1cccc(NC(=O)COc2ccccc2Cl)c1)c1ccccc1. The van der Waals surface area contributed by atoms with E-state index >= 15 is 0 Å². The van der Waals surface area contributed by atoms with Crippen LogP contribution in [0.4, 0.5) is 11.4 Å². The minimum Gasteiger partial charge on any atom is -0.482 e. The molecule has 0 spiro atoms. The number of halogens is 1. The van der Waals surface area contributed by atoms with Crippen LogP contribution in [0.3, 0.4) is 0 Å². The molecule has 3 aromatic carbocycles. The molecule has 0 saturated carbocycles. The molecule has 3 rings (SSSR count). The predicted molar refractivity (Wildman–Crippen MR) is 111 cm³/mol. The van der Waals surface area contributed by atoms with E-state index in [2.05, 4.69) is 5.32 Å². The monoisotopic (exact) mass is 394 g/mol. The van der Waals surface area contributed by atoms with Crippen molar-refractivity contribution in [2.75, 3.05) is 23.9 Å². The number of hydrogen-bond acceptors (Lipinski definition) is 3. The number of carbonyl (C=O) groups is 2. The van der Waals surface area contributed by atoms with Crippen molar-refractivity contribution in [1.82, 2.24) is 0 Å². The van der Waals surface area contributed by atoms with Gasteiger partial charge in [-0.25, -0.2) is 0 Å². The number of para-hydroxylation sites is 2. The number of rotatable bonds is 6. The van der Waals surface area contributed by atoms with Gasteiger partial charge in [0.15, 0.2) is 6.61 Å². The second-order valence-electron chi connectivity index (χ2n) is 6.05. The van der Waals surface area contributed by atoms with Gasteiger partial charge in [-0.2, -0.15) is 0 Å². The van der Waals surface area contributed by atoms with E-state index in [0.717, 1.165) is 5.69 Å². The van der Waals surface area contributed by atoms with Crippen LogP contribution in [-0.4, -0.2) is 25.5 Å². The molecule has 0 aliphatic rings. The van der Waals surface area contributed by atoms with Crippen molar-refractivity contribution in [1.29, 1.82) is 0 Å². The van der Waals surface area contributed by atoms with Crippen molar-refractivity contribution in [2.45, 2.75) is 0 Å². The minimum atomic E-state index is -0.346. The molecular formula is C22H19ClN2O3. The van der Waals surface area contributed by atoms with Gasteiger partial charge in [0.1, 0.15) is 5.75 Å². The van der Waals surface area contributed by atoms with E-state index in [4.69, 9.17) is 16.3 Å². The lowest BCUT2D eigenvalue weighted by Crippen LogP contribution is -2.26. The molecule has 0 aliphatic heterocycles. The van der Waals surface area contributed by atoms with Crippen molar-refractivity contribution in [2.24, 2.45) is 0 Å². The molecule has 0 saturated heterocycles. The molecule has 5 nitrogen and oxygen atoms in total. The molecule has 0 heterocycles. The molecule has 0 fully saturated rings. The molecule has 6 heteroatoms. The topological polar surface area (TPSA) is 58.6 Å². The Labute approximate surface area is 168 Å². The third kappa shape index (κ3) is 4.90. The number of anilines is 2. The molecule has 0 radical (unpaired) electrons. The number of benzene rings is 3. The second-order valence-corrected chi connectivity index (χ2v) is 6.45. The first-order chi connectivity index (χ1) is 13.5. The largest absolute Gasteiger partial charge is 0.482 e. The van der Waals surface area contributed by atoms with Gasteiger partial charge in [0, 0.05) is 24.0 Å². The van der Waals surface area contributed by atoms with Gasteiger partial charge in [-0.1, -0.05) is 48.0 Å². The zero-order valence-electron chi connectivity index (χ0n) is 15.3. The maximum Gasteiger partial charge on any atom is 0.262 e. The Morgan fingerprint density at radius 2 is 1.68 bits per heavy atom. The predicted octanol–water partition coefficient (Wildman–Crippen LogP) is 4.63. The van der Waals surface area contributed by atoms with E-state index in [1.807, 2.05) is 30.3 Å². The fraction of sp³-hybridized carbons (Fsp3) is 0.0909. The van der Waals surface area contributed by atoms with Crippen LogP contribution in [0.2, 0.25) is 5.02 Å². The maximum atomic E-state index is 12.7. The number of hydrogen-bond donors (Lipinski definition) is 1. The van der Waals surface area contributed by atoms with E-state index in [9.17, 15) is 9.59 Å². The summed E-state index contributed by atoms with van der Waals surface area (Å²) < 4.78 is 5.43. The van der Waals surface area contributed by atoms with Gasteiger partial charge < -0.3 is 15.0 Å². The van der Waals surface area contributed by atoms with Gasteiger partial charge in [0.05, 0.1) is 5.02 Å². The molecule has 0 aliphatic carbocycles. The fourth-order valence-corrected chi connectivity index (χ4v) is 2.78. The van der Waals surface area contributed by atoms with Gasteiger partial charge in [-0.3, -0.25) is 9.59 Å². The maximum absolute atomic E-state index is 12.7.